The number of hydrogen-bond acceptors (Lipinski definition) is 4. The van der Waals surface area contributed by atoms with E-state index in [0.29, 0.717) is 17.3 Å². The number of nitrogens with one attached hydrogen (secondary N) is 1. The van der Waals surface area contributed by atoms with Gasteiger partial charge in [0.25, 0.3) is 5.91 Å². The van der Waals surface area contributed by atoms with Crippen molar-refractivity contribution in [2.75, 3.05) is 30.8 Å². The molecule has 1 fully saturated rings. The maximum atomic E-state index is 12.0. The molecule has 20 heavy (non-hydrogen) atoms. The zero-order chi connectivity index (χ0) is 14.5. The van der Waals surface area contributed by atoms with Gasteiger partial charge < -0.3 is 21.1 Å². The fourth-order valence-electron chi connectivity index (χ4n) is 2.89. The van der Waals surface area contributed by atoms with Gasteiger partial charge in [0.1, 0.15) is 0 Å². The largest absolute Gasteiger partial charge is 0.399 e. The van der Waals surface area contributed by atoms with Gasteiger partial charge in [0.2, 0.25) is 0 Å². The maximum Gasteiger partial charge on any atom is 0.253 e. The van der Waals surface area contributed by atoms with E-state index in [4.69, 9.17) is 10.8 Å². The van der Waals surface area contributed by atoms with Crippen LogP contribution in [0.4, 0.5) is 11.4 Å². The highest BCUT2D eigenvalue weighted by Gasteiger charge is 2.27. The van der Waals surface area contributed by atoms with Crippen molar-refractivity contribution in [3.05, 3.63) is 23.8 Å². The molecular formula is C15H23N3O2. The first kappa shape index (κ1) is 14.7. The minimum atomic E-state index is -0.0900. The number of rotatable bonds is 5. The Kier molecular flexibility index (Phi) is 4.84. The van der Waals surface area contributed by atoms with E-state index < -0.39 is 0 Å². The van der Waals surface area contributed by atoms with E-state index >= 15 is 0 Å². The summed E-state index contributed by atoms with van der Waals surface area (Å²) >= 11 is 0. The van der Waals surface area contributed by atoms with E-state index in [1.807, 2.05) is 6.07 Å². The first-order chi connectivity index (χ1) is 9.67. The Labute approximate surface area is 119 Å². The van der Waals surface area contributed by atoms with Gasteiger partial charge in [-0.2, -0.15) is 0 Å². The van der Waals surface area contributed by atoms with Gasteiger partial charge in [-0.25, -0.2) is 0 Å². The predicted molar refractivity (Wildman–Crippen MR) is 80.9 cm³/mol. The van der Waals surface area contributed by atoms with Gasteiger partial charge in [-0.05, 0) is 43.9 Å². The molecule has 0 radical (unpaired) electrons. The van der Waals surface area contributed by atoms with Crippen molar-refractivity contribution >= 4 is 17.3 Å². The molecule has 2 rings (SSSR count). The van der Waals surface area contributed by atoms with Gasteiger partial charge in [0.15, 0.2) is 0 Å². The number of hydrogen-bond donors (Lipinski definition) is 3. The second-order valence-corrected chi connectivity index (χ2v) is 5.21. The molecule has 1 unspecified atom stereocenters. The van der Waals surface area contributed by atoms with Gasteiger partial charge in [-0.1, -0.05) is 0 Å². The van der Waals surface area contributed by atoms with Crippen LogP contribution in [0, 0.1) is 0 Å². The molecule has 1 aliphatic heterocycles. The summed E-state index contributed by atoms with van der Waals surface area (Å²) in [6.45, 7) is 1.15. The van der Waals surface area contributed by atoms with Crippen LogP contribution in [0.1, 0.15) is 36.0 Å². The number of aliphatic hydroxyl groups excluding tert-OH is 1. The second-order valence-electron chi connectivity index (χ2n) is 5.21. The number of carbonyl (C=O) groups is 1. The molecule has 5 nitrogen and oxygen atoms in total. The van der Waals surface area contributed by atoms with Gasteiger partial charge in [0, 0.05) is 31.9 Å². The van der Waals surface area contributed by atoms with Crippen molar-refractivity contribution in [1.29, 1.82) is 0 Å². The summed E-state index contributed by atoms with van der Waals surface area (Å²) < 4.78 is 0. The number of amides is 1. The normalized spacial score (nSPS) is 18.3. The summed E-state index contributed by atoms with van der Waals surface area (Å²) in [4.78, 5) is 14.3. The minimum absolute atomic E-state index is 0.0900. The molecular weight excluding hydrogens is 254 g/mol. The Balaban J connectivity index is 2.30. The van der Waals surface area contributed by atoms with Crippen molar-refractivity contribution in [3.63, 3.8) is 0 Å². The fourth-order valence-corrected chi connectivity index (χ4v) is 2.89. The second kappa shape index (κ2) is 6.61. The highest BCUT2D eigenvalue weighted by atomic mass is 16.2. The van der Waals surface area contributed by atoms with E-state index in [1.54, 1.807) is 19.2 Å². The molecule has 1 aromatic rings. The lowest BCUT2D eigenvalue weighted by molar-refractivity contribution is 0.0963. The predicted octanol–water partition coefficient (Wildman–Crippen LogP) is 1.37. The van der Waals surface area contributed by atoms with E-state index in [9.17, 15) is 4.79 Å². The number of carbonyl (C=O) groups excluding carboxylic acids is 1. The van der Waals surface area contributed by atoms with Crippen LogP contribution in [-0.4, -0.2) is 37.3 Å². The lowest BCUT2D eigenvalue weighted by Crippen LogP contribution is -2.32. The van der Waals surface area contributed by atoms with Crippen LogP contribution in [-0.2, 0) is 0 Å². The van der Waals surface area contributed by atoms with Crippen LogP contribution >= 0.6 is 0 Å². The summed E-state index contributed by atoms with van der Waals surface area (Å²) in [5, 5.41) is 11.7. The van der Waals surface area contributed by atoms with Gasteiger partial charge >= 0.3 is 0 Å². The molecule has 110 valence electrons. The van der Waals surface area contributed by atoms with E-state index in [2.05, 4.69) is 10.2 Å². The summed E-state index contributed by atoms with van der Waals surface area (Å²) in [5.41, 5.74) is 8.12. The SMILES string of the molecule is CNC(=O)c1ccc(N)cc1N1CCCC1CCCO. The van der Waals surface area contributed by atoms with Crippen molar-refractivity contribution in [3.8, 4) is 0 Å². The average molecular weight is 277 g/mol. The third-order valence-corrected chi connectivity index (χ3v) is 3.88. The van der Waals surface area contributed by atoms with Crippen molar-refractivity contribution < 1.29 is 9.90 Å². The molecule has 0 bridgehead atoms. The quantitative estimate of drug-likeness (QED) is 0.710. The zero-order valence-corrected chi connectivity index (χ0v) is 11.9. The average Bonchev–Trinajstić information content (AvgIpc) is 2.92. The van der Waals surface area contributed by atoms with Crippen LogP contribution in [0.25, 0.3) is 0 Å². The van der Waals surface area contributed by atoms with Crippen LogP contribution in [0.3, 0.4) is 0 Å². The molecule has 1 aromatic carbocycles. The number of nitrogens with zero attached hydrogens (tertiary/aromatic N) is 1. The number of benzene rings is 1. The van der Waals surface area contributed by atoms with Crippen molar-refractivity contribution in [2.24, 2.45) is 0 Å². The maximum absolute atomic E-state index is 12.0. The molecule has 1 saturated heterocycles. The summed E-state index contributed by atoms with van der Waals surface area (Å²) in [6, 6.07) is 5.80. The Morgan fingerprint density at radius 2 is 2.35 bits per heavy atom. The third-order valence-electron chi connectivity index (χ3n) is 3.88. The topological polar surface area (TPSA) is 78.6 Å². The number of nitrogen functional groups attached to an aromatic ring is 1. The van der Waals surface area contributed by atoms with Crippen LogP contribution in [0.2, 0.25) is 0 Å². The van der Waals surface area contributed by atoms with Crippen LogP contribution < -0.4 is 16.0 Å². The number of anilines is 2. The van der Waals surface area contributed by atoms with Gasteiger partial charge in [0.05, 0.1) is 11.3 Å². The Bertz CT molecular complexity index is 476. The van der Waals surface area contributed by atoms with Crippen molar-refractivity contribution in [1.82, 2.24) is 5.32 Å². The molecule has 1 amide bonds. The highest BCUT2D eigenvalue weighted by Crippen LogP contribution is 2.32. The molecule has 0 saturated carbocycles. The molecule has 4 N–H and O–H groups in total. The van der Waals surface area contributed by atoms with Gasteiger partial charge in [-0.15, -0.1) is 0 Å². The fraction of sp³-hybridized carbons (Fsp3) is 0.533. The van der Waals surface area contributed by atoms with E-state index in [1.165, 1.54) is 0 Å². The van der Waals surface area contributed by atoms with Crippen LogP contribution in [0.5, 0.6) is 0 Å². The highest BCUT2D eigenvalue weighted by molar-refractivity contribution is 6.00. The smallest absolute Gasteiger partial charge is 0.253 e. The summed E-state index contributed by atoms with van der Waals surface area (Å²) in [6.07, 6.45) is 3.94. The molecule has 0 spiro atoms. The summed E-state index contributed by atoms with van der Waals surface area (Å²) in [7, 11) is 1.63. The first-order valence-corrected chi connectivity index (χ1v) is 7.16. The number of nitrogens with two attached hydrogens (primary N) is 1. The Morgan fingerprint density at radius 1 is 1.55 bits per heavy atom. The van der Waals surface area contributed by atoms with Crippen LogP contribution in [0.15, 0.2) is 18.2 Å². The van der Waals surface area contributed by atoms with E-state index in [-0.39, 0.29) is 12.5 Å². The molecule has 1 atom stereocenters. The van der Waals surface area contributed by atoms with Gasteiger partial charge in [-0.3, -0.25) is 4.79 Å². The zero-order valence-electron chi connectivity index (χ0n) is 11.9. The van der Waals surface area contributed by atoms with E-state index in [0.717, 1.165) is 37.9 Å². The molecule has 0 aromatic heterocycles. The molecule has 1 aliphatic rings. The standard InChI is InChI=1S/C15H23N3O2/c1-17-15(20)13-7-6-11(16)10-14(13)18-8-2-4-12(18)5-3-9-19/h6-7,10,12,19H,2-5,8-9,16H2,1H3,(H,17,20). The Hall–Kier alpha value is -1.75. The molecule has 5 heteroatoms. The lowest BCUT2D eigenvalue weighted by Gasteiger charge is -2.28. The Morgan fingerprint density at radius 3 is 3.05 bits per heavy atom. The molecule has 1 heterocycles. The lowest BCUT2D eigenvalue weighted by atomic mass is 10.1. The molecule has 0 aliphatic carbocycles. The minimum Gasteiger partial charge on any atom is -0.399 e. The number of aliphatic hydroxyl groups is 1. The third kappa shape index (κ3) is 3.04. The van der Waals surface area contributed by atoms with Crippen molar-refractivity contribution in [2.45, 2.75) is 31.7 Å². The monoisotopic (exact) mass is 277 g/mol. The summed E-state index contributed by atoms with van der Waals surface area (Å²) in [5.74, 6) is -0.0900. The first-order valence-electron chi connectivity index (χ1n) is 7.16.